The van der Waals surface area contributed by atoms with Crippen LogP contribution in [0, 0.1) is 23.7 Å². The highest BCUT2D eigenvalue weighted by molar-refractivity contribution is 5.92. The van der Waals surface area contributed by atoms with Crippen molar-refractivity contribution in [1.29, 1.82) is 0 Å². The molecular weight excluding hydrogens is 566 g/mol. The van der Waals surface area contributed by atoms with E-state index in [-0.39, 0.29) is 18.4 Å². The summed E-state index contributed by atoms with van der Waals surface area (Å²) in [5.74, 6) is -9.12. The number of hydrogen-bond acceptors (Lipinski definition) is 11. The first-order valence-electron chi connectivity index (χ1n) is 14.9. The summed E-state index contributed by atoms with van der Waals surface area (Å²) in [7, 11) is 3.48. The second-order valence-electron chi connectivity index (χ2n) is 12.6. The van der Waals surface area contributed by atoms with Gasteiger partial charge in [0.1, 0.15) is 23.7 Å². The van der Waals surface area contributed by atoms with Crippen molar-refractivity contribution in [2.45, 2.75) is 115 Å². The molecule has 2 saturated heterocycles. The van der Waals surface area contributed by atoms with E-state index in [4.69, 9.17) is 18.9 Å². The molecule has 0 saturated carbocycles. The number of ketones is 1. The Hall–Kier alpha value is -2.42. The molecule has 0 aromatic heterocycles. The van der Waals surface area contributed by atoms with Crippen molar-refractivity contribution in [1.82, 2.24) is 4.90 Å². The Balaban J connectivity index is 2.06. The first-order valence-corrected chi connectivity index (χ1v) is 14.9. The topological polar surface area (TPSA) is 193 Å². The molecule has 0 spiro atoms. The monoisotopic (exact) mass is 613 g/mol. The van der Waals surface area contributed by atoms with Crippen LogP contribution in [0.3, 0.4) is 0 Å². The number of nitrogens with zero attached hydrogens (tertiary/aromatic N) is 1. The van der Waals surface area contributed by atoms with Gasteiger partial charge in [-0.3, -0.25) is 19.2 Å². The minimum absolute atomic E-state index is 0.277. The first-order chi connectivity index (χ1) is 20.0. The number of allylic oxidation sites excluding steroid dienone is 1. The molecule has 13 heteroatoms. The smallest absolute Gasteiger partial charge is 0.311 e. The van der Waals surface area contributed by atoms with Crippen LogP contribution in [0.1, 0.15) is 60.3 Å². The molecule has 43 heavy (non-hydrogen) atoms. The van der Waals surface area contributed by atoms with Crippen LogP contribution in [-0.4, -0.2) is 118 Å². The fourth-order valence-corrected chi connectivity index (χ4v) is 6.32. The molecule has 3 rings (SSSR count). The number of carboxylic acids is 2. The van der Waals surface area contributed by atoms with Crippen LogP contribution < -0.4 is 0 Å². The zero-order chi connectivity index (χ0) is 32.4. The summed E-state index contributed by atoms with van der Waals surface area (Å²) < 4.78 is 23.3. The number of aliphatic carboxylic acids is 2. The van der Waals surface area contributed by atoms with Gasteiger partial charge >= 0.3 is 17.9 Å². The molecule has 0 aromatic rings. The van der Waals surface area contributed by atoms with E-state index >= 15 is 0 Å². The van der Waals surface area contributed by atoms with E-state index < -0.39 is 96.3 Å². The van der Waals surface area contributed by atoms with Gasteiger partial charge in [0.2, 0.25) is 0 Å². The van der Waals surface area contributed by atoms with Gasteiger partial charge in [-0.1, -0.05) is 20.8 Å². The highest BCUT2D eigenvalue weighted by Gasteiger charge is 2.55. The summed E-state index contributed by atoms with van der Waals surface area (Å²) in [5.41, 5.74) is -0.786. The van der Waals surface area contributed by atoms with Gasteiger partial charge in [-0.05, 0) is 59.4 Å². The fraction of sp³-hybridized carbons (Fsp3) is 0.800. The molecule has 0 unspecified atom stereocenters. The van der Waals surface area contributed by atoms with Gasteiger partial charge in [0.15, 0.2) is 12.1 Å². The molecule has 4 N–H and O–H groups in total. The Morgan fingerprint density at radius 3 is 2.30 bits per heavy atom. The van der Waals surface area contributed by atoms with Crippen LogP contribution in [0.4, 0.5) is 0 Å². The number of aliphatic hydroxyl groups is 2. The third-order valence-corrected chi connectivity index (χ3v) is 9.02. The van der Waals surface area contributed by atoms with Gasteiger partial charge in [0, 0.05) is 17.9 Å². The molecule has 0 amide bonds. The normalized spacial score (nSPS) is 43.9. The lowest BCUT2D eigenvalue weighted by Crippen LogP contribution is -2.57. The van der Waals surface area contributed by atoms with Crippen LogP contribution in [0.15, 0.2) is 12.2 Å². The Kier molecular flexibility index (Phi) is 11.5. The van der Waals surface area contributed by atoms with Crippen molar-refractivity contribution in [3.63, 3.8) is 0 Å². The van der Waals surface area contributed by atoms with Crippen LogP contribution >= 0.6 is 0 Å². The summed E-state index contributed by atoms with van der Waals surface area (Å²) in [6, 6.07) is -0.458. The minimum atomic E-state index is -1.95. The second kappa shape index (κ2) is 14.1. The number of hydrogen-bond donors (Lipinski definition) is 4. The first kappa shape index (κ1) is 35.1. The molecule has 244 valence electrons. The van der Waals surface area contributed by atoms with Gasteiger partial charge in [-0.15, -0.1) is 0 Å². The van der Waals surface area contributed by atoms with Crippen molar-refractivity contribution < 1.29 is 58.6 Å². The zero-order valence-corrected chi connectivity index (χ0v) is 25.9. The number of rotatable bonds is 6. The maximum atomic E-state index is 13.1. The summed E-state index contributed by atoms with van der Waals surface area (Å²) in [6.07, 6.45) is -5.22. The Labute approximate surface area is 252 Å². The number of carbonyl (C=O) groups excluding carboxylic acids is 2. The number of ether oxygens (including phenoxy) is 4. The van der Waals surface area contributed by atoms with E-state index in [1.165, 1.54) is 13.0 Å². The maximum absolute atomic E-state index is 13.1. The van der Waals surface area contributed by atoms with E-state index in [9.17, 15) is 39.6 Å². The largest absolute Gasteiger partial charge is 0.481 e. The van der Waals surface area contributed by atoms with Gasteiger partial charge in [-0.25, -0.2) is 0 Å². The molecule has 2 fully saturated rings. The minimum Gasteiger partial charge on any atom is -0.481 e. The molecule has 13 nitrogen and oxygen atoms in total. The van der Waals surface area contributed by atoms with Crippen LogP contribution in [-0.2, 0) is 38.1 Å². The number of cyclic esters (lactones) is 1. The third kappa shape index (κ3) is 8.20. The van der Waals surface area contributed by atoms with Crippen molar-refractivity contribution in [3.8, 4) is 0 Å². The lowest BCUT2D eigenvalue weighted by molar-refractivity contribution is -0.282. The Morgan fingerprint density at radius 1 is 1.09 bits per heavy atom. The summed E-state index contributed by atoms with van der Waals surface area (Å²) in [4.78, 5) is 53.2. The van der Waals surface area contributed by atoms with Crippen LogP contribution in [0.25, 0.3) is 0 Å². The van der Waals surface area contributed by atoms with Crippen molar-refractivity contribution in [2.75, 3.05) is 14.1 Å². The number of epoxide rings is 1. The van der Waals surface area contributed by atoms with E-state index in [1.807, 2.05) is 13.8 Å². The molecule has 0 bridgehead atoms. The Bertz CT molecular complexity index is 1060. The van der Waals surface area contributed by atoms with Gasteiger partial charge in [0.25, 0.3) is 0 Å². The van der Waals surface area contributed by atoms with Gasteiger partial charge < -0.3 is 44.3 Å². The van der Waals surface area contributed by atoms with Crippen LogP contribution in [0.5, 0.6) is 0 Å². The molecule has 3 heterocycles. The van der Waals surface area contributed by atoms with E-state index in [1.54, 1.807) is 38.9 Å². The zero-order valence-electron chi connectivity index (χ0n) is 25.9. The average Bonchev–Trinajstić information content (AvgIpc) is 3.59. The number of likely N-dealkylation sites (N-methyl/N-ethyl adjacent to an activating group) is 1. The van der Waals surface area contributed by atoms with Crippen molar-refractivity contribution >= 4 is 23.7 Å². The molecule has 3 aliphatic rings. The summed E-state index contributed by atoms with van der Waals surface area (Å²) >= 11 is 0. The van der Waals surface area contributed by atoms with Crippen molar-refractivity contribution in [3.05, 3.63) is 12.2 Å². The standard InChI is InChI=1S/C30H47NO12/c1-8-21-16(4)26-30(5,43-26)10-9-19(32)14(2)11-17(27(36)37)25(23(28(38)39)20(33)13-22(34)41-21)42-29-24(35)18(31(6)7)12-15(3)40-29/h9-10,14-18,20-21,23-26,29,33,35H,8,11-13H2,1-7H3,(H,36,37)(H,38,39)/b10-9+/t14-,15-,16-,17+,18+,20-,21-,23+,24-,25+,26-,29+,30+/m1/s1. The quantitative estimate of drug-likeness (QED) is 0.247. The molecular formula is C30H47NO12. The van der Waals surface area contributed by atoms with Crippen molar-refractivity contribution in [2.24, 2.45) is 23.7 Å². The fourth-order valence-electron chi connectivity index (χ4n) is 6.32. The number of esters is 1. The van der Waals surface area contributed by atoms with Crippen LogP contribution in [0.2, 0.25) is 0 Å². The second-order valence-corrected chi connectivity index (χ2v) is 12.6. The molecule has 3 aliphatic heterocycles. The molecule has 0 aromatic carbocycles. The molecule has 0 aliphatic carbocycles. The number of carboxylic acid groups (broad SMARTS) is 2. The lowest BCUT2D eigenvalue weighted by atomic mass is 9.80. The summed E-state index contributed by atoms with van der Waals surface area (Å²) in [5, 5.41) is 42.8. The maximum Gasteiger partial charge on any atom is 0.311 e. The number of fused-ring (bicyclic) bond motifs is 1. The molecule has 13 atom stereocenters. The Morgan fingerprint density at radius 2 is 1.74 bits per heavy atom. The predicted octanol–water partition coefficient (Wildman–Crippen LogP) is 1.23. The van der Waals surface area contributed by atoms with E-state index in [2.05, 4.69) is 0 Å². The highest BCUT2D eigenvalue weighted by Crippen LogP contribution is 2.45. The molecule has 0 radical (unpaired) electrons. The lowest BCUT2D eigenvalue weighted by Gasteiger charge is -2.43. The average molecular weight is 614 g/mol. The van der Waals surface area contributed by atoms with Gasteiger partial charge in [-0.2, -0.15) is 0 Å². The highest BCUT2D eigenvalue weighted by atomic mass is 16.7. The summed E-state index contributed by atoms with van der Waals surface area (Å²) in [6.45, 7) is 8.70. The van der Waals surface area contributed by atoms with E-state index in [0.717, 1.165) is 0 Å². The van der Waals surface area contributed by atoms with E-state index in [0.29, 0.717) is 12.8 Å². The number of aliphatic hydroxyl groups excluding tert-OH is 2. The van der Waals surface area contributed by atoms with Gasteiger partial charge in [0.05, 0.1) is 36.8 Å². The third-order valence-electron chi connectivity index (χ3n) is 9.02. The number of carbonyl (C=O) groups is 4. The SMILES string of the molecule is CC[C@H]1OC(=O)C[C@@H](O)[C@H](C(=O)O)[C@@H](O[C@@H]2O[C@H](C)C[C@H](N(C)C)[C@H]2O)[C@@H](C(=O)O)C[C@@H](C)C(=O)/C=C/[C@]2(C)O[C@@H]2[C@@H]1C. The predicted molar refractivity (Wildman–Crippen MR) is 151 cm³/mol.